The number of nitrogens with zero attached hydrogens (tertiary/aromatic N) is 1. The van der Waals surface area contributed by atoms with Gasteiger partial charge in [0.15, 0.2) is 0 Å². The molecule has 1 aliphatic heterocycles. The van der Waals surface area contributed by atoms with E-state index in [4.69, 9.17) is 4.74 Å². The maximum Gasteiger partial charge on any atom is 0.315 e. The number of piperidine rings is 1. The van der Waals surface area contributed by atoms with Gasteiger partial charge in [-0.15, -0.1) is 0 Å². The largest absolute Gasteiger partial charge is 0.497 e. The van der Waals surface area contributed by atoms with Gasteiger partial charge in [-0.3, -0.25) is 0 Å². The van der Waals surface area contributed by atoms with Gasteiger partial charge < -0.3 is 20.3 Å². The number of amides is 2. The molecule has 140 valence electrons. The first-order chi connectivity index (χ1) is 12.1. The molecule has 2 atom stereocenters. The molecule has 1 aliphatic rings. The molecular weight excluding hydrogens is 314 g/mol. The quantitative estimate of drug-likeness (QED) is 0.710. The van der Waals surface area contributed by atoms with Crippen LogP contribution in [0.4, 0.5) is 4.79 Å². The van der Waals surface area contributed by atoms with E-state index in [9.17, 15) is 4.79 Å². The average Bonchev–Trinajstić information content (AvgIpc) is 2.59. The molecule has 1 aromatic carbocycles. The lowest BCUT2D eigenvalue weighted by atomic mass is 9.92. The Hall–Kier alpha value is -1.75. The van der Waals surface area contributed by atoms with Crippen LogP contribution < -0.4 is 15.4 Å². The molecule has 2 unspecified atom stereocenters. The number of hydrogen-bond acceptors (Lipinski definition) is 3. The number of carbonyl (C=O) groups excluding carboxylic acids is 1. The van der Waals surface area contributed by atoms with Crippen molar-refractivity contribution in [1.29, 1.82) is 0 Å². The molecule has 0 saturated carbocycles. The molecule has 25 heavy (non-hydrogen) atoms. The van der Waals surface area contributed by atoms with Gasteiger partial charge in [0.1, 0.15) is 5.75 Å². The topological polar surface area (TPSA) is 53.6 Å². The number of hydrogen-bond donors (Lipinski definition) is 2. The van der Waals surface area contributed by atoms with E-state index in [1.807, 2.05) is 24.3 Å². The zero-order chi connectivity index (χ0) is 18.1. The van der Waals surface area contributed by atoms with E-state index in [0.29, 0.717) is 6.54 Å². The molecule has 2 N–H and O–H groups in total. The lowest BCUT2D eigenvalue weighted by Gasteiger charge is -2.34. The third-order valence-corrected chi connectivity index (χ3v) is 4.74. The van der Waals surface area contributed by atoms with Gasteiger partial charge in [-0.1, -0.05) is 26.0 Å². The molecule has 2 rings (SSSR count). The summed E-state index contributed by atoms with van der Waals surface area (Å²) in [7, 11) is 1.65. The highest BCUT2D eigenvalue weighted by Crippen LogP contribution is 2.20. The number of benzene rings is 1. The molecule has 0 bridgehead atoms. The summed E-state index contributed by atoms with van der Waals surface area (Å²) in [5.74, 6) is 2.45. The van der Waals surface area contributed by atoms with Crippen molar-refractivity contribution in [1.82, 2.24) is 15.5 Å². The van der Waals surface area contributed by atoms with Crippen LogP contribution in [0.1, 0.15) is 38.7 Å². The van der Waals surface area contributed by atoms with Crippen LogP contribution in [-0.4, -0.2) is 44.2 Å². The van der Waals surface area contributed by atoms with Crippen molar-refractivity contribution in [2.24, 2.45) is 11.8 Å². The van der Waals surface area contributed by atoms with Gasteiger partial charge >= 0.3 is 6.03 Å². The number of unbranched alkanes of at least 4 members (excludes halogenated alkanes) is 1. The standard InChI is InChI=1S/C20H33N3O2/c1-16-12-17(2)15-23(14-16)11-5-4-10-21-20(24)22-13-18-6-8-19(25-3)9-7-18/h6-9,16-17H,4-5,10-15H2,1-3H3,(H2,21,22,24). The highest BCUT2D eigenvalue weighted by molar-refractivity contribution is 5.73. The maximum absolute atomic E-state index is 11.8. The third-order valence-electron chi connectivity index (χ3n) is 4.74. The van der Waals surface area contributed by atoms with Crippen molar-refractivity contribution in [3.63, 3.8) is 0 Å². The van der Waals surface area contributed by atoms with Gasteiger partial charge in [-0.05, 0) is 55.3 Å². The molecule has 5 heteroatoms. The first-order valence-electron chi connectivity index (χ1n) is 9.43. The van der Waals surface area contributed by atoms with Crippen molar-refractivity contribution in [3.05, 3.63) is 29.8 Å². The molecule has 0 aliphatic carbocycles. The van der Waals surface area contributed by atoms with E-state index in [1.165, 1.54) is 19.5 Å². The van der Waals surface area contributed by atoms with Crippen LogP contribution in [-0.2, 0) is 6.54 Å². The minimum absolute atomic E-state index is 0.101. The van der Waals surface area contributed by atoms with Crippen LogP contribution in [0.25, 0.3) is 0 Å². The van der Waals surface area contributed by atoms with Gasteiger partial charge in [0.25, 0.3) is 0 Å². The molecule has 2 amide bonds. The summed E-state index contributed by atoms with van der Waals surface area (Å²) >= 11 is 0. The fourth-order valence-corrected chi connectivity index (χ4v) is 3.63. The molecule has 0 aromatic heterocycles. The third kappa shape index (κ3) is 7.34. The molecule has 0 radical (unpaired) electrons. The highest BCUT2D eigenvalue weighted by atomic mass is 16.5. The van der Waals surface area contributed by atoms with E-state index in [0.717, 1.165) is 49.1 Å². The van der Waals surface area contributed by atoms with E-state index in [2.05, 4.69) is 29.4 Å². The predicted molar refractivity (Wildman–Crippen MR) is 102 cm³/mol. The van der Waals surface area contributed by atoms with Gasteiger partial charge in [0, 0.05) is 26.2 Å². The number of ether oxygens (including phenoxy) is 1. The monoisotopic (exact) mass is 347 g/mol. The molecule has 1 saturated heterocycles. The van der Waals surface area contributed by atoms with Gasteiger partial charge in [-0.25, -0.2) is 4.79 Å². The Morgan fingerprint density at radius 2 is 1.80 bits per heavy atom. The Morgan fingerprint density at radius 1 is 1.12 bits per heavy atom. The molecule has 1 fully saturated rings. The second kappa shape index (κ2) is 10.3. The number of carbonyl (C=O) groups is 1. The van der Waals surface area contributed by atoms with Crippen molar-refractivity contribution in [2.45, 2.75) is 39.7 Å². The fourth-order valence-electron chi connectivity index (χ4n) is 3.63. The first-order valence-corrected chi connectivity index (χ1v) is 9.43. The Balaban J connectivity index is 1.53. The number of urea groups is 1. The predicted octanol–water partition coefficient (Wildman–Crippen LogP) is 3.25. The maximum atomic E-state index is 11.8. The number of rotatable bonds is 8. The van der Waals surface area contributed by atoms with Crippen LogP contribution in [0.3, 0.4) is 0 Å². The second-order valence-electron chi connectivity index (χ2n) is 7.37. The van der Waals surface area contributed by atoms with Crippen LogP contribution in [0.15, 0.2) is 24.3 Å². The number of likely N-dealkylation sites (tertiary alicyclic amines) is 1. The first kappa shape index (κ1) is 19.6. The Kier molecular flexibility index (Phi) is 8.06. The normalized spacial score (nSPS) is 20.9. The number of nitrogens with one attached hydrogen (secondary N) is 2. The van der Waals surface area contributed by atoms with E-state index in [-0.39, 0.29) is 6.03 Å². The molecule has 1 heterocycles. The Morgan fingerprint density at radius 3 is 2.44 bits per heavy atom. The summed E-state index contributed by atoms with van der Waals surface area (Å²) in [4.78, 5) is 14.4. The van der Waals surface area contributed by atoms with Crippen molar-refractivity contribution >= 4 is 6.03 Å². The van der Waals surface area contributed by atoms with E-state index < -0.39 is 0 Å². The summed E-state index contributed by atoms with van der Waals surface area (Å²) in [5.41, 5.74) is 1.06. The van der Waals surface area contributed by atoms with Crippen molar-refractivity contribution in [3.8, 4) is 5.75 Å². The minimum Gasteiger partial charge on any atom is -0.497 e. The van der Waals surface area contributed by atoms with E-state index >= 15 is 0 Å². The Bertz CT molecular complexity index is 508. The molecule has 5 nitrogen and oxygen atoms in total. The lowest BCUT2D eigenvalue weighted by Crippen LogP contribution is -2.39. The zero-order valence-corrected chi connectivity index (χ0v) is 15.9. The van der Waals surface area contributed by atoms with E-state index in [1.54, 1.807) is 7.11 Å². The van der Waals surface area contributed by atoms with Crippen LogP contribution in [0.2, 0.25) is 0 Å². The summed E-state index contributed by atoms with van der Waals surface area (Å²) in [6.45, 7) is 9.53. The van der Waals surface area contributed by atoms with Gasteiger partial charge in [0.2, 0.25) is 0 Å². The Labute approximate surface area is 152 Å². The minimum atomic E-state index is -0.101. The lowest BCUT2D eigenvalue weighted by molar-refractivity contribution is 0.139. The van der Waals surface area contributed by atoms with Crippen molar-refractivity contribution < 1.29 is 9.53 Å². The van der Waals surface area contributed by atoms with Gasteiger partial charge in [0.05, 0.1) is 7.11 Å². The average molecular weight is 348 g/mol. The van der Waals surface area contributed by atoms with Gasteiger partial charge in [-0.2, -0.15) is 0 Å². The SMILES string of the molecule is COc1ccc(CNC(=O)NCCCCN2CC(C)CC(C)C2)cc1. The number of methoxy groups -OCH3 is 1. The fraction of sp³-hybridized carbons (Fsp3) is 0.650. The zero-order valence-electron chi connectivity index (χ0n) is 15.9. The summed E-state index contributed by atoms with van der Waals surface area (Å²) in [6.07, 6.45) is 3.51. The molecule has 1 aromatic rings. The molecular formula is C20H33N3O2. The van der Waals surface area contributed by atoms with Crippen LogP contribution >= 0.6 is 0 Å². The van der Waals surface area contributed by atoms with Crippen LogP contribution in [0, 0.1) is 11.8 Å². The summed E-state index contributed by atoms with van der Waals surface area (Å²) in [6, 6.07) is 7.62. The molecule has 0 spiro atoms. The second-order valence-corrected chi connectivity index (χ2v) is 7.37. The van der Waals surface area contributed by atoms with Crippen LogP contribution in [0.5, 0.6) is 5.75 Å². The summed E-state index contributed by atoms with van der Waals surface area (Å²) < 4.78 is 5.12. The smallest absolute Gasteiger partial charge is 0.315 e. The summed E-state index contributed by atoms with van der Waals surface area (Å²) in [5, 5.41) is 5.82. The highest BCUT2D eigenvalue weighted by Gasteiger charge is 2.20. The van der Waals surface area contributed by atoms with Crippen molar-refractivity contribution in [2.75, 3.05) is 33.3 Å².